The first kappa shape index (κ1) is 20.2. The SMILES string of the molecule is NC(=O)OCc1ccc(NC(=O)c2ccccc2N2CCN(C3CCC3)CC2)cc1. The van der Waals surface area contributed by atoms with Crippen molar-refractivity contribution in [1.29, 1.82) is 0 Å². The molecule has 1 heterocycles. The van der Waals surface area contributed by atoms with Crippen LogP contribution in [0.3, 0.4) is 0 Å². The quantitative estimate of drug-likeness (QED) is 0.766. The van der Waals surface area contributed by atoms with E-state index in [1.54, 1.807) is 24.3 Å². The van der Waals surface area contributed by atoms with Gasteiger partial charge in [0.25, 0.3) is 5.91 Å². The number of nitrogens with zero attached hydrogens (tertiary/aromatic N) is 2. The van der Waals surface area contributed by atoms with Crippen molar-refractivity contribution in [2.75, 3.05) is 36.4 Å². The number of anilines is 2. The minimum atomic E-state index is -0.808. The molecule has 1 aliphatic heterocycles. The second-order valence-corrected chi connectivity index (χ2v) is 7.88. The molecule has 0 spiro atoms. The van der Waals surface area contributed by atoms with E-state index >= 15 is 0 Å². The van der Waals surface area contributed by atoms with Crippen molar-refractivity contribution >= 4 is 23.4 Å². The maximum absolute atomic E-state index is 13.0. The summed E-state index contributed by atoms with van der Waals surface area (Å²) in [6.45, 7) is 4.09. The first-order chi connectivity index (χ1) is 14.6. The molecule has 0 aromatic heterocycles. The van der Waals surface area contributed by atoms with Crippen molar-refractivity contribution in [2.24, 2.45) is 5.73 Å². The zero-order chi connectivity index (χ0) is 20.9. The molecule has 4 rings (SSSR count). The number of carbonyl (C=O) groups excluding carboxylic acids is 2. The number of ether oxygens (including phenoxy) is 1. The Morgan fingerprint density at radius 3 is 2.33 bits per heavy atom. The number of primary amides is 1. The maximum atomic E-state index is 13.0. The standard InChI is InChI=1S/C23H28N4O3/c24-23(29)30-16-17-8-10-18(11-9-17)25-22(28)20-6-1-2-7-21(20)27-14-12-26(13-15-27)19-4-3-5-19/h1-2,6-11,19H,3-5,12-16H2,(H2,24,29)(H,25,28). The lowest BCUT2D eigenvalue weighted by Gasteiger charge is -2.43. The molecule has 1 saturated carbocycles. The molecular formula is C23H28N4O3. The number of hydrogen-bond donors (Lipinski definition) is 2. The fourth-order valence-electron chi connectivity index (χ4n) is 4.06. The molecule has 7 heteroatoms. The molecule has 0 radical (unpaired) electrons. The van der Waals surface area contributed by atoms with E-state index in [2.05, 4.69) is 15.1 Å². The fraction of sp³-hybridized carbons (Fsp3) is 0.391. The van der Waals surface area contributed by atoms with Gasteiger partial charge in [-0.1, -0.05) is 30.7 Å². The number of nitrogens with two attached hydrogens (primary N) is 1. The van der Waals surface area contributed by atoms with Crippen LogP contribution < -0.4 is 16.0 Å². The second-order valence-electron chi connectivity index (χ2n) is 7.88. The summed E-state index contributed by atoms with van der Waals surface area (Å²) in [6, 6.07) is 15.7. The number of amides is 2. The molecule has 2 aromatic rings. The minimum absolute atomic E-state index is 0.110. The van der Waals surface area contributed by atoms with Crippen molar-refractivity contribution in [2.45, 2.75) is 31.9 Å². The van der Waals surface area contributed by atoms with Gasteiger partial charge in [0.1, 0.15) is 6.61 Å². The molecule has 7 nitrogen and oxygen atoms in total. The van der Waals surface area contributed by atoms with Crippen LogP contribution in [-0.4, -0.2) is 49.1 Å². The maximum Gasteiger partial charge on any atom is 0.404 e. The summed E-state index contributed by atoms with van der Waals surface area (Å²) in [5, 5.41) is 2.97. The molecule has 1 aliphatic carbocycles. The highest BCUT2D eigenvalue weighted by molar-refractivity contribution is 6.08. The topological polar surface area (TPSA) is 87.9 Å². The van der Waals surface area contributed by atoms with Crippen molar-refractivity contribution in [1.82, 2.24) is 4.90 Å². The van der Waals surface area contributed by atoms with Crippen LogP contribution in [0.2, 0.25) is 0 Å². The van der Waals surface area contributed by atoms with E-state index in [0.29, 0.717) is 11.3 Å². The number of nitrogens with one attached hydrogen (secondary N) is 1. The van der Waals surface area contributed by atoms with E-state index in [1.807, 2.05) is 24.3 Å². The van der Waals surface area contributed by atoms with Crippen LogP contribution in [0.4, 0.5) is 16.2 Å². The van der Waals surface area contributed by atoms with Crippen molar-refractivity contribution in [3.8, 4) is 0 Å². The summed E-state index contributed by atoms with van der Waals surface area (Å²) in [5.41, 5.74) is 8.13. The first-order valence-electron chi connectivity index (χ1n) is 10.5. The average Bonchev–Trinajstić information content (AvgIpc) is 2.72. The highest BCUT2D eigenvalue weighted by Gasteiger charge is 2.28. The molecule has 2 fully saturated rings. The third kappa shape index (κ3) is 4.74. The number of piperazine rings is 1. The van der Waals surface area contributed by atoms with Gasteiger partial charge in [-0.25, -0.2) is 4.79 Å². The lowest BCUT2D eigenvalue weighted by molar-refractivity contribution is 0.102. The molecule has 0 unspecified atom stereocenters. The van der Waals surface area contributed by atoms with E-state index in [-0.39, 0.29) is 12.5 Å². The van der Waals surface area contributed by atoms with E-state index in [0.717, 1.165) is 43.5 Å². The molecule has 30 heavy (non-hydrogen) atoms. The highest BCUT2D eigenvalue weighted by atomic mass is 16.5. The molecule has 3 N–H and O–H groups in total. The first-order valence-corrected chi connectivity index (χ1v) is 10.5. The van der Waals surface area contributed by atoms with Crippen LogP contribution in [0.5, 0.6) is 0 Å². The Labute approximate surface area is 176 Å². The Balaban J connectivity index is 1.39. The highest BCUT2D eigenvalue weighted by Crippen LogP contribution is 2.28. The zero-order valence-corrected chi connectivity index (χ0v) is 17.0. The van der Waals surface area contributed by atoms with Crippen LogP contribution in [0.25, 0.3) is 0 Å². The van der Waals surface area contributed by atoms with E-state index in [1.165, 1.54) is 19.3 Å². The Bertz CT molecular complexity index is 888. The van der Waals surface area contributed by atoms with Gasteiger partial charge in [-0.2, -0.15) is 0 Å². The van der Waals surface area contributed by atoms with Gasteiger partial charge >= 0.3 is 6.09 Å². The van der Waals surface area contributed by atoms with E-state index in [4.69, 9.17) is 10.5 Å². The van der Waals surface area contributed by atoms with E-state index in [9.17, 15) is 9.59 Å². The number of hydrogen-bond acceptors (Lipinski definition) is 5. The van der Waals surface area contributed by atoms with Gasteiger partial charge in [0.2, 0.25) is 0 Å². The van der Waals surface area contributed by atoms with E-state index < -0.39 is 6.09 Å². The number of rotatable bonds is 6. The van der Waals surface area contributed by atoms with Crippen LogP contribution in [0.15, 0.2) is 48.5 Å². The van der Waals surface area contributed by atoms with Gasteiger partial charge in [0.15, 0.2) is 0 Å². The summed E-state index contributed by atoms with van der Waals surface area (Å²) < 4.78 is 4.78. The van der Waals surface area contributed by atoms with Gasteiger partial charge < -0.3 is 20.7 Å². The van der Waals surface area contributed by atoms with Crippen LogP contribution in [-0.2, 0) is 11.3 Å². The molecule has 1 saturated heterocycles. The Morgan fingerprint density at radius 1 is 1.00 bits per heavy atom. The summed E-state index contributed by atoms with van der Waals surface area (Å²) in [4.78, 5) is 28.6. The van der Waals surface area contributed by atoms with Crippen molar-refractivity contribution < 1.29 is 14.3 Å². The third-order valence-corrected chi connectivity index (χ3v) is 5.99. The number of benzene rings is 2. The molecule has 0 bridgehead atoms. The van der Waals surface area contributed by atoms with Gasteiger partial charge in [0, 0.05) is 43.6 Å². The molecule has 2 aromatic carbocycles. The molecule has 0 atom stereocenters. The van der Waals surface area contributed by atoms with Gasteiger partial charge in [-0.15, -0.1) is 0 Å². The lowest BCUT2D eigenvalue weighted by Crippen LogP contribution is -2.52. The Morgan fingerprint density at radius 2 is 1.70 bits per heavy atom. The summed E-state index contributed by atoms with van der Waals surface area (Å²) >= 11 is 0. The third-order valence-electron chi connectivity index (χ3n) is 5.99. The zero-order valence-electron chi connectivity index (χ0n) is 17.0. The normalized spacial score (nSPS) is 17.3. The van der Waals surface area contributed by atoms with Gasteiger partial charge in [0.05, 0.1) is 5.56 Å². The molecule has 2 amide bonds. The molecular weight excluding hydrogens is 380 g/mol. The Kier molecular flexibility index (Phi) is 6.18. The van der Waals surface area contributed by atoms with Crippen molar-refractivity contribution in [3.05, 3.63) is 59.7 Å². The smallest absolute Gasteiger partial charge is 0.404 e. The predicted molar refractivity (Wildman–Crippen MR) is 117 cm³/mol. The van der Waals surface area contributed by atoms with Crippen LogP contribution in [0, 0.1) is 0 Å². The van der Waals surface area contributed by atoms with Gasteiger partial charge in [-0.05, 0) is 42.7 Å². The molecule has 2 aliphatic rings. The van der Waals surface area contributed by atoms with Crippen LogP contribution >= 0.6 is 0 Å². The summed E-state index contributed by atoms with van der Waals surface area (Å²) in [6.07, 6.45) is 3.20. The number of carbonyl (C=O) groups is 2. The minimum Gasteiger partial charge on any atom is -0.445 e. The van der Waals surface area contributed by atoms with Crippen molar-refractivity contribution in [3.63, 3.8) is 0 Å². The Hall–Kier alpha value is -3.06. The molecule has 158 valence electrons. The van der Waals surface area contributed by atoms with Crippen LogP contribution in [0.1, 0.15) is 35.2 Å². The fourth-order valence-corrected chi connectivity index (χ4v) is 4.06. The average molecular weight is 409 g/mol. The lowest BCUT2D eigenvalue weighted by atomic mass is 9.91. The summed E-state index contributed by atoms with van der Waals surface area (Å²) in [5.74, 6) is -0.131. The largest absolute Gasteiger partial charge is 0.445 e. The predicted octanol–water partition coefficient (Wildman–Crippen LogP) is 3.21. The summed E-state index contributed by atoms with van der Waals surface area (Å²) in [7, 11) is 0. The number of para-hydroxylation sites is 1. The monoisotopic (exact) mass is 408 g/mol. The van der Waals surface area contributed by atoms with Gasteiger partial charge in [-0.3, -0.25) is 9.69 Å². The second kappa shape index (κ2) is 9.17.